The second-order valence-corrected chi connectivity index (χ2v) is 7.18. The molecular formula is C15H26N2O3S. The lowest BCUT2D eigenvalue weighted by atomic mass is 10.3. The SMILES string of the molecule is CCCS(=O)(=O)c1ccc(NCCN(C)CCOC)cc1. The van der Waals surface area contributed by atoms with Crippen LogP contribution in [0.1, 0.15) is 13.3 Å². The molecule has 1 rings (SSSR count). The number of hydrogen-bond donors (Lipinski definition) is 1. The van der Waals surface area contributed by atoms with Gasteiger partial charge in [0.05, 0.1) is 17.3 Å². The quantitative estimate of drug-likeness (QED) is 0.714. The topological polar surface area (TPSA) is 58.6 Å². The van der Waals surface area contributed by atoms with Crippen molar-refractivity contribution in [1.29, 1.82) is 0 Å². The summed E-state index contributed by atoms with van der Waals surface area (Å²) in [4.78, 5) is 2.57. The molecule has 0 unspecified atom stereocenters. The first-order valence-electron chi connectivity index (χ1n) is 7.23. The smallest absolute Gasteiger partial charge is 0.178 e. The van der Waals surface area contributed by atoms with E-state index < -0.39 is 9.84 Å². The minimum atomic E-state index is -3.12. The second-order valence-electron chi connectivity index (χ2n) is 5.07. The number of ether oxygens (including phenoxy) is 1. The van der Waals surface area contributed by atoms with Gasteiger partial charge in [-0.15, -0.1) is 0 Å². The van der Waals surface area contributed by atoms with E-state index in [9.17, 15) is 8.42 Å². The van der Waals surface area contributed by atoms with Gasteiger partial charge in [0.1, 0.15) is 0 Å². The van der Waals surface area contributed by atoms with Crippen LogP contribution in [-0.2, 0) is 14.6 Å². The molecule has 0 aliphatic carbocycles. The van der Waals surface area contributed by atoms with Crippen molar-refractivity contribution < 1.29 is 13.2 Å². The Morgan fingerprint density at radius 3 is 2.43 bits per heavy atom. The molecule has 1 N–H and O–H groups in total. The fraction of sp³-hybridized carbons (Fsp3) is 0.600. The molecule has 6 heteroatoms. The van der Waals surface area contributed by atoms with E-state index >= 15 is 0 Å². The number of nitrogens with zero attached hydrogens (tertiary/aromatic N) is 1. The predicted molar refractivity (Wildman–Crippen MR) is 86.6 cm³/mol. The highest BCUT2D eigenvalue weighted by atomic mass is 32.2. The Morgan fingerprint density at radius 2 is 1.86 bits per heavy atom. The van der Waals surface area contributed by atoms with Gasteiger partial charge in [-0.1, -0.05) is 6.92 Å². The molecule has 0 radical (unpaired) electrons. The zero-order valence-corrected chi connectivity index (χ0v) is 13.9. The summed E-state index contributed by atoms with van der Waals surface area (Å²) in [6, 6.07) is 6.97. The molecule has 0 saturated heterocycles. The molecule has 0 bridgehead atoms. The van der Waals surface area contributed by atoms with Gasteiger partial charge in [0.2, 0.25) is 0 Å². The van der Waals surface area contributed by atoms with Crippen LogP contribution in [0.15, 0.2) is 29.2 Å². The minimum absolute atomic E-state index is 0.198. The summed E-state index contributed by atoms with van der Waals surface area (Å²) in [5.74, 6) is 0.198. The third-order valence-electron chi connectivity index (χ3n) is 3.19. The van der Waals surface area contributed by atoms with Gasteiger partial charge in [-0.25, -0.2) is 8.42 Å². The number of likely N-dealkylation sites (N-methyl/N-ethyl adjacent to an activating group) is 1. The highest BCUT2D eigenvalue weighted by Gasteiger charge is 2.12. The fourth-order valence-electron chi connectivity index (χ4n) is 1.92. The van der Waals surface area contributed by atoms with Gasteiger partial charge in [0, 0.05) is 32.4 Å². The summed E-state index contributed by atoms with van der Waals surface area (Å²) in [7, 11) is 0.616. The van der Waals surface area contributed by atoms with Crippen LogP contribution in [0.3, 0.4) is 0 Å². The summed E-state index contributed by atoms with van der Waals surface area (Å²) < 4.78 is 28.8. The van der Waals surface area contributed by atoms with E-state index in [1.54, 1.807) is 19.2 Å². The number of hydrogen-bond acceptors (Lipinski definition) is 5. The number of benzene rings is 1. The summed E-state index contributed by atoms with van der Waals surface area (Å²) in [6.45, 7) is 5.20. The van der Waals surface area contributed by atoms with E-state index in [-0.39, 0.29) is 5.75 Å². The third-order valence-corrected chi connectivity index (χ3v) is 5.12. The van der Waals surface area contributed by atoms with E-state index in [0.717, 1.165) is 31.9 Å². The number of rotatable bonds is 10. The van der Waals surface area contributed by atoms with Gasteiger partial charge in [0.25, 0.3) is 0 Å². The highest BCUT2D eigenvalue weighted by molar-refractivity contribution is 7.91. The number of sulfone groups is 1. The van der Waals surface area contributed by atoms with Crippen molar-refractivity contribution >= 4 is 15.5 Å². The maximum Gasteiger partial charge on any atom is 0.178 e. The molecule has 21 heavy (non-hydrogen) atoms. The summed E-state index contributed by atoms with van der Waals surface area (Å²) in [6.07, 6.45) is 0.635. The molecule has 1 aromatic rings. The van der Waals surface area contributed by atoms with Crippen LogP contribution in [0.2, 0.25) is 0 Å². The van der Waals surface area contributed by atoms with E-state index in [1.165, 1.54) is 0 Å². The van der Waals surface area contributed by atoms with Crippen LogP contribution in [0.5, 0.6) is 0 Å². The van der Waals surface area contributed by atoms with E-state index in [2.05, 4.69) is 10.2 Å². The Kier molecular flexibility index (Phi) is 7.71. The molecule has 0 amide bonds. The standard InChI is InChI=1S/C15H26N2O3S/c1-4-13-21(18,19)15-7-5-14(6-8-15)16-9-10-17(2)11-12-20-3/h5-8,16H,4,9-13H2,1-3H3. The summed E-state index contributed by atoms with van der Waals surface area (Å²) in [5, 5.41) is 3.29. The zero-order chi connectivity index (χ0) is 15.7. The molecule has 1 aromatic carbocycles. The lowest BCUT2D eigenvalue weighted by molar-refractivity contribution is 0.163. The molecule has 0 aromatic heterocycles. The second kappa shape index (κ2) is 9.02. The Balaban J connectivity index is 2.45. The van der Waals surface area contributed by atoms with Crippen LogP contribution < -0.4 is 5.32 Å². The van der Waals surface area contributed by atoms with Crippen molar-refractivity contribution in [2.75, 3.05) is 51.5 Å². The third kappa shape index (κ3) is 6.46. The fourth-order valence-corrected chi connectivity index (χ4v) is 3.24. The first-order chi connectivity index (χ1) is 9.99. The minimum Gasteiger partial charge on any atom is -0.384 e. The van der Waals surface area contributed by atoms with Gasteiger partial charge >= 0.3 is 0 Å². The first kappa shape index (κ1) is 17.9. The van der Waals surface area contributed by atoms with E-state index in [0.29, 0.717) is 11.3 Å². The molecule has 0 aliphatic rings. The Morgan fingerprint density at radius 1 is 1.19 bits per heavy atom. The zero-order valence-electron chi connectivity index (χ0n) is 13.1. The van der Waals surface area contributed by atoms with Gasteiger partial charge in [-0.3, -0.25) is 0 Å². The number of methoxy groups -OCH3 is 1. The number of nitrogens with one attached hydrogen (secondary N) is 1. The van der Waals surface area contributed by atoms with Gasteiger partial charge in [-0.05, 0) is 37.7 Å². The molecule has 120 valence electrons. The summed E-state index contributed by atoms with van der Waals surface area (Å²) >= 11 is 0. The van der Waals surface area contributed by atoms with Crippen molar-refractivity contribution in [2.24, 2.45) is 0 Å². The van der Waals surface area contributed by atoms with Crippen LogP contribution in [0.25, 0.3) is 0 Å². The van der Waals surface area contributed by atoms with Crippen molar-refractivity contribution in [3.8, 4) is 0 Å². The normalized spacial score (nSPS) is 11.8. The van der Waals surface area contributed by atoms with Crippen molar-refractivity contribution in [3.05, 3.63) is 24.3 Å². The molecule has 5 nitrogen and oxygen atoms in total. The van der Waals surface area contributed by atoms with Crippen molar-refractivity contribution in [1.82, 2.24) is 4.90 Å². The molecular weight excluding hydrogens is 288 g/mol. The summed E-state index contributed by atoms with van der Waals surface area (Å²) in [5.41, 5.74) is 0.936. The molecule has 0 atom stereocenters. The lowest BCUT2D eigenvalue weighted by Gasteiger charge is -2.16. The Hall–Kier alpha value is -1.11. The lowest BCUT2D eigenvalue weighted by Crippen LogP contribution is -2.28. The largest absolute Gasteiger partial charge is 0.384 e. The molecule has 0 fully saturated rings. The Bertz CT molecular complexity index is 500. The van der Waals surface area contributed by atoms with E-state index in [1.807, 2.05) is 26.1 Å². The average molecular weight is 314 g/mol. The predicted octanol–water partition coefficient (Wildman–Crippen LogP) is 1.86. The van der Waals surface area contributed by atoms with Gasteiger partial charge in [-0.2, -0.15) is 0 Å². The van der Waals surface area contributed by atoms with Crippen LogP contribution in [-0.4, -0.2) is 59.5 Å². The van der Waals surface area contributed by atoms with Crippen molar-refractivity contribution in [2.45, 2.75) is 18.2 Å². The highest BCUT2D eigenvalue weighted by Crippen LogP contribution is 2.15. The van der Waals surface area contributed by atoms with Gasteiger partial charge in [0.15, 0.2) is 9.84 Å². The first-order valence-corrected chi connectivity index (χ1v) is 8.89. The monoisotopic (exact) mass is 314 g/mol. The molecule has 0 heterocycles. The number of anilines is 1. The van der Waals surface area contributed by atoms with Crippen LogP contribution >= 0.6 is 0 Å². The molecule has 0 spiro atoms. The Labute approximate surface area is 128 Å². The maximum atomic E-state index is 11.9. The molecule has 0 saturated carbocycles. The maximum absolute atomic E-state index is 11.9. The van der Waals surface area contributed by atoms with Crippen molar-refractivity contribution in [3.63, 3.8) is 0 Å². The van der Waals surface area contributed by atoms with Crippen LogP contribution in [0.4, 0.5) is 5.69 Å². The van der Waals surface area contributed by atoms with E-state index in [4.69, 9.17) is 4.74 Å². The van der Waals surface area contributed by atoms with Crippen LogP contribution in [0, 0.1) is 0 Å². The van der Waals surface area contributed by atoms with Gasteiger partial charge < -0.3 is 15.0 Å². The average Bonchev–Trinajstić information content (AvgIpc) is 2.45. The molecule has 0 aliphatic heterocycles.